The summed E-state index contributed by atoms with van der Waals surface area (Å²) in [6.45, 7) is 1.29. The molecule has 9 heavy (non-hydrogen) atoms. The Morgan fingerprint density at radius 2 is 2.00 bits per heavy atom. The van der Waals surface area contributed by atoms with Gasteiger partial charge in [0.1, 0.15) is 0 Å². The zero-order valence-electron chi connectivity index (χ0n) is 5.98. The molecule has 0 aromatic carbocycles. The molecule has 0 aromatic heterocycles. The number of allylic oxidation sites excluding steroid dienone is 2. The second kappa shape index (κ2) is 1.76. The third-order valence-electron chi connectivity index (χ3n) is 2.28. The maximum atomic E-state index is 2.42. The van der Waals surface area contributed by atoms with Crippen LogP contribution in [0.5, 0.6) is 0 Å². The minimum Gasteiger partial charge on any atom is -0.378 e. The van der Waals surface area contributed by atoms with E-state index in [0.717, 1.165) is 0 Å². The molecular formula is C8H13N. The molecule has 0 radical (unpaired) electrons. The molecule has 0 aromatic rings. The van der Waals surface area contributed by atoms with Crippen LogP contribution in [0.25, 0.3) is 0 Å². The lowest BCUT2D eigenvalue weighted by Crippen LogP contribution is -2.09. The average Bonchev–Trinajstić information content (AvgIpc) is 2.58. The predicted octanol–water partition coefficient (Wildman–Crippen LogP) is 1.76. The third-order valence-corrected chi connectivity index (χ3v) is 2.28. The summed E-state index contributed by atoms with van der Waals surface area (Å²) >= 11 is 0. The molecule has 0 spiro atoms. The van der Waals surface area contributed by atoms with Gasteiger partial charge in [-0.15, -0.1) is 0 Å². The molecule has 2 aliphatic rings. The van der Waals surface area contributed by atoms with Crippen molar-refractivity contribution in [3.8, 4) is 0 Å². The molecule has 0 amide bonds. The van der Waals surface area contributed by atoms with Gasteiger partial charge in [0.2, 0.25) is 0 Å². The molecule has 0 bridgehead atoms. The molecule has 0 unspecified atom stereocenters. The second-order valence-corrected chi connectivity index (χ2v) is 3.08. The summed E-state index contributed by atoms with van der Waals surface area (Å²) in [6, 6.07) is 0. The van der Waals surface area contributed by atoms with Crippen LogP contribution in [-0.4, -0.2) is 18.5 Å². The van der Waals surface area contributed by atoms with E-state index in [-0.39, 0.29) is 0 Å². The molecule has 1 aliphatic carbocycles. The van der Waals surface area contributed by atoms with Crippen molar-refractivity contribution in [1.82, 2.24) is 4.90 Å². The van der Waals surface area contributed by atoms with Crippen molar-refractivity contribution < 1.29 is 0 Å². The van der Waals surface area contributed by atoms with Crippen LogP contribution in [0.4, 0.5) is 0 Å². The first-order valence-electron chi connectivity index (χ1n) is 3.80. The maximum Gasteiger partial charge on any atom is 0.0175 e. The lowest BCUT2D eigenvalue weighted by atomic mass is 10.3. The number of nitrogens with zero attached hydrogens (tertiary/aromatic N) is 1. The molecule has 1 heterocycles. The van der Waals surface area contributed by atoms with Crippen LogP contribution in [0.2, 0.25) is 0 Å². The Kier molecular flexibility index (Phi) is 1.04. The van der Waals surface area contributed by atoms with Gasteiger partial charge in [0.05, 0.1) is 0 Å². The first-order valence-corrected chi connectivity index (χ1v) is 3.80. The molecule has 1 aliphatic heterocycles. The van der Waals surface area contributed by atoms with Gasteiger partial charge in [-0.05, 0) is 25.7 Å². The molecular weight excluding hydrogens is 110 g/mol. The highest BCUT2D eigenvalue weighted by Crippen LogP contribution is 2.36. The van der Waals surface area contributed by atoms with Gasteiger partial charge < -0.3 is 4.90 Å². The number of hydrogen-bond acceptors (Lipinski definition) is 1. The molecule has 1 nitrogen and oxygen atoms in total. The van der Waals surface area contributed by atoms with Gasteiger partial charge in [0.15, 0.2) is 0 Å². The Balaban J connectivity index is 2.19. The normalized spacial score (nSPS) is 25.7. The Morgan fingerprint density at radius 1 is 1.22 bits per heavy atom. The van der Waals surface area contributed by atoms with Gasteiger partial charge in [-0.25, -0.2) is 0 Å². The SMILES string of the molecule is CN1CCCC1=C1CC1. The van der Waals surface area contributed by atoms with Crippen molar-refractivity contribution in [3.63, 3.8) is 0 Å². The maximum absolute atomic E-state index is 2.42. The molecule has 2 rings (SSSR count). The van der Waals surface area contributed by atoms with Gasteiger partial charge in [-0.3, -0.25) is 0 Å². The summed E-state index contributed by atoms with van der Waals surface area (Å²) in [5.41, 5.74) is 3.39. The van der Waals surface area contributed by atoms with Crippen LogP contribution in [0, 0.1) is 0 Å². The Bertz CT molecular complexity index is 152. The smallest absolute Gasteiger partial charge is 0.0175 e. The fourth-order valence-corrected chi connectivity index (χ4v) is 1.61. The highest BCUT2D eigenvalue weighted by Gasteiger charge is 2.23. The van der Waals surface area contributed by atoms with Crippen LogP contribution < -0.4 is 0 Å². The number of hydrogen-bond donors (Lipinski definition) is 0. The minimum absolute atomic E-state index is 1.29. The van der Waals surface area contributed by atoms with E-state index >= 15 is 0 Å². The van der Waals surface area contributed by atoms with E-state index in [1.807, 2.05) is 0 Å². The van der Waals surface area contributed by atoms with Crippen molar-refractivity contribution in [2.45, 2.75) is 25.7 Å². The quantitative estimate of drug-likeness (QED) is 0.474. The van der Waals surface area contributed by atoms with Crippen molar-refractivity contribution in [1.29, 1.82) is 0 Å². The van der Waals surface area contributed by atoms with Gasteiger partial charge >= 0.3 is 0 Å². The summed E-state index contributed by atoms with van der Waals surface area (Å²) in [5, 5.41) is 0. The summed E-state index contributed by atoms with van der Waals surface area (Å²) < 4.78 is 0. The number of rotatable bonds is 0. The lowest BCUT2D eigenvalue weighted by molar-refractivity contribution is 0.479. The van der Waals surface area contributed by atoms with Gasteiger partial charge in [-0.1, -0.05) is 5.57 Å². The molecule has 1 saturated carbocycles. The van der Waals surface area contributed by atoms with E-state index in [2.05, 4.69) is 11.9 Å². The van der Waals surface area contributed by atoms with Crippen LogP contribution in [-0.2, 0) is 0 Å². The van der Waals surface area contributed by atoms with Crippen molar-refractivity contribution in [3.05, 3.63) is 11.3 Å². The van der Waals surface area contributed by atoms with E-state index in [4.69, 9.17) is 0 Å². The Hall–Kier alpha value is -0.460. The average molecular weight is 123 g/mol. The second-order valence-electron chi connectivity index (χ2n) is 3.08. The summed E-state index contributed by atoms with van der Waals surface area (Å²) in [4.78, 5) is 2.42. The first kappa shape index (κ1) is 5.33. The summed E-state index contributed by atoms with van der Waals surface area (Å²) in [6.07, 6.45) is 5.51. The van der Waals surface area contributed by atoms with Crippen molar-refractivity contribution in [2.24, 2.45) is 0 Å². The van der Waals surface area contributed by atoms with Gasteiger partial charge in [0.25, 0.3) is 0 Å². The molecule has 1 heteroatoms. The molecule has 0 N–H and O–H groups in total. The van der Waals surface area contributed by atoms with Crippen molar-refractivity contribution in [2.75, 3.05) is 13.6 Å². The Labute approximate surface area is 56.4 Å². The predicted molar refractivity (Wildman–Crippen MR) is 38.1 cm³/mol. The monoisotopic (exact) mass is 123 g/mol. The van der Waals surface area contributed by atoms with Gasteiger partial charge in [-0.2, -0.15) is 0 Å². The Morgan fingerprint density at radius 3 is 2.44 bits per heavy atom. The lowest BCUT2D eigenvalue weighted by Gasteiger charge is -2.11. The summed E-state index contributed by atoms with van der Waals surface area (Å²) in [7, 11) is 2.22. The van der Waals surface area contributed by atoms with Crippen LogP contribution >= 0.6 is 0 Å². The highest BCUT2D eigenvalue weighted by atomic mass is 15.1. The van der Waals surface area contributed by atoms with Crippen molar-refractivity contribution >= 4 is 0 Å². The highest BCUT2D eigenvalue weighted by molar-refractivity contribution is 5.25. The van der Waals surface area contributed by atoms with E-state index in [1.54, 1.807) is 11.3 Å². The third kappa shape index (κ3) is 0.846. The van der Waals surface area contributed by atoms with Crippen LogP contribution in [0.15, 0.2) is 11.3 Å². The fourth-order valence-electron chi connectivity index (χ4n) is 1.61. The van der Waals surface area contributed by atoms with Gasteiger partial charge in [0, 0.05) is 19.3 Å². The van der Waals surface area contributed by atoms with E-state index in [9.17, 15) is 0 Å². The molecule has 2 fully saturated rings. The number of likely N-dealkylation sites (tertiary alicyclic amines) is 1. The topological polar surface area (TPSA) is 3.24 Å². The van der Waals surface area contributed by atoms with E-state index in [1.165, 1.54) is 32.2 Å². The molecule has 1 saturated heterocycles. The fraction of sp³-hybridized carbons (Fsp3) is 0.750. The standard InChI is InChI=1S/C8H13N/c1-9-6-2-3-8(9)7-4-5-7/h2-6H2,1H3. The summed E-state index contributed by atoms with van der Waals surface area (Å²) in [5.74, 6) is 0. The molecule has 50 valence electrons. The van der Waals surface area contributed by atoms with Crippen LogP contribution in [0.1, 0.15) is 25.7 Å². The zero-order chi connectivity index (χ0) is 6.27. The molecule has 0 atom stereocenters. The minimum atomic E-state index is 1.29. The van der Waals surface area contributed by atoms with E-state index < -0.39 is 0 Å². The zero-order valence-corrected chi connectivity index (χ0v) is 5.98. The largest absolute Gasteiger partial charge is 0.378 e. The first-order chi connectivity index (χ1) is 4.38. The van der Waals surface area contributed by atoms with E-state index in [0.29, 0.717) is 0 Å². The van der Waals surface area contributed by atoms with Crippen LogP contribution in [0.3, 0.4) is 0 Å².